The minimum absolute atomic E-state index is 0.0185. The van der Waals surface area contributed by atoms with Crippen molar-refractivity contribution in [1.82, 2.24) is 20.0 Å². The van der Waals surface area contributed by atoms with Crippen molar-refractivity contribution in [2.75, 3.05) is 26.2 Å². The van der Waals surface area contributed by atoms with Gasteiger partial charge >= 0.3 is 0 Å². The van der Waals surface area contributed by atoms with Gasteiger partial charge in [0, 0.05) is 25.4 Å². The number of carbonyl (C=O) groups excluding carboxylic acids is 1. The molecule has 2 fully saturated rings. The summed E-state index contributed by atoms with van der Waals surface area (Å²) in [7, 11) is 1.89. The molecule has 116 valence electrons. The number of nitrogens with one attached hydrogen (secondary N) is 1. The second-order valence-corrected chi connectivity index (χ2v) is 6.24. The second kappa shape index (κ2) is 5.77. The number of piperidine rings is 1. The van der Waals surface area contributed by atoms with Gasteiger partial charge in [0.15, 0.2) is 0 Å². The maximum atomic E-state index is 12.7. The molecule has 0 saturated carbocycles. The Morgan fingerprint density at radius 1 is 1.52 bits per heavy atom. The van der Waals surface area contributed by atoms with Crippen LogP contribution in [0.25, 0.3) is 0 Å². The quantitative estimate of drug-likeness (QED) is 0.869. The normalized spacial score (nSPS) is 30.4. The van der Waals surface area contributed by atoms with E-state index >= 15 is 0 Å². The lowest BCUT2D eigenvalue weighted by molar-refractivity contribution is -0.152. The Kier molecular flexibility index (Phi) is 3.99. The molecular formula is C15H24N4O2. The standard InChI is InChI=1S/C15H24N4O2/c1-15(12-9-17-18(2)10-12)11-19(7-8-21-15)14(20)13-5-3-4-6-16-13/h9-10,13,16H,3-8,11H2,1-2H3/t13-,15-/m1/s1. The summed E-state index contributed by atoms with van der Waals surface area (Å²) in [5, 5.41) is 7.56. The number of carbonyl (C=O) groups is 1. The molecule has 21 heavy (non-hydrogen) atoms. The van der Waals surface area contributed by atoms with E-state index in [0.29, 0.717) is 19.7 Å². The average Bonchev–Trinajstić information content (AvgIpc) is 2.95. The van der Waals surface area contributed by atoms with Crippen molar-refractivity contribution < 1.29 is 9.53 Å². The van der Waals surface area contributed by atoms with Gasteiger partial charge in [-0.2, -0.15) is 5.10 Å². The predicted molar refractivity (Wildman–Crippen MR) is 78.7 cm³/mol. The molecule has 2 aliphatic rings. The first-order valence-corrected chi connectivity index (χ1v) is 7.74. The third kappa shape index (κ3) is 2.96. The maximum absolute atomic E-state index is 12.7. The number of rotatable bonds is 2. The first-order valence-electron chi connectivity index (χ1n) is 7.74. The summed E-state index contributed by atoms with van der Waals surface area (Å²) in [5.41, 5.74) is 0.565. The van der Waals surface area contributed by atoms with Crippen molar-refractivity contribution in [3.8, 4) is 0 Å². The number of amides is 1. The Labute approximate surface area is 125 Å². The van der Waals surface area contributed by atoms with Crippen molar-refractivity contribution in [1.29, 1.82) is 0 Å². The van der Waals surface area contributed by atoms with Crippen LogP contribution in [0.15, 0.2) is 12.4 Å². The predicted octanol–water partition coefficient (Wildman–Crippen LogP) is 0.636. The van der Waals surface area contributed by atoms with Gasteiger partial charge in [-0.25, -0.2) is 0 Å². The molecule has 0 unspecified atom stereocenters. The van der Waals surface area contributed by atoms with Crippen LogP contribution in [0.1, 0.15) is 31.7 Å². The van der Waals surface area contributed by atoms with Crippen molar-refractivity contribution in [3.63, 3.8) is 0 Å². The van der Waals surface area contributed by atoms with Gasteiger partial charge in [-0.15, -0.1) is 0 Å². The lowest BCUT2D eigenvalue weighted by Crippen LogP contribution is -2.56. The molecule has 1 aromatic heterocycles. The maximum Gasteiger partial charge on any atom is 0.239 e. The highest BCUT2D eigenvalue weighted by Gasteiger charge is 2.38. The van der Waals surface area contributed by atoms with Crippen molar-refractivity contribution in [3.05, 3.63) is 18.0 Å². The van der Waals surface area contributed by atoms with Gasteiger partial charge in [0.05, 0.1) is 25.4 Å². The lowest BCUT2D eigenvalue weighted by atomic mass is 9.95. The molecule has 6 nitrogen and oxygen atoms in total. The summed E-state index contributed by atoms with van der Waals surface area (Å²) in [5.74, 6) is 0.216. The number of hydrogen-bond donors (Lipinski definition) is 1. The van der Waals surface area contributed by atoms with Gasteiger partial charge in [0.2, 0.25) is 5.91 Å². The molecule has 2 aliphatic heterocycles. The van der Waals surface area contributed by atoms with Gasteiger partial charge in [-0.05, 0) is 26.3 Å². The Bertz CT molecular complexity index is 510. The van der Waals surface area contributed by atoms with Gasteiger partial charge in [0.25, 0.3) is 0 Å². The van der Waals surface area contributed by atoms with Crippen LogP contribution in [-0.2, 0) is 22.2 Å². The van der Waals surface area contributed by atoms with Crippen LogP contribution >= 0.6 is 0 Å². The first kappa shape index (κ1) is 14.5. The molecule has 1 amide bonds. The van der Waals surface area contributed by atoms with E-state index < -0.39 is 5.60 Å². The SMILES string of the molecule is Cn1cc([C@@]2(C)CN(C(=O)[C@H]3CCCCN3)CCO2)cn1. The molecular weight excluding hydrogens is 268 g/mol. The fourth-order valence-electron chi connectivity index (χ4n) is 3.21. The number of nitrogens with zero attached hydrogens (tertiary/aromatic N) is 3. The van der Waals surface area contributed by atoms with Crippen LogP contribution in [0.4, 0.5) is 0 Å². The monoisotopic (exact) mass is 292 g/mol. The van der Waals surface area contributed by atoms with E-state index in [9.17, 15) is 4.79 Å². The fourth-order valence-corrected chi connectivity index (χ4v) is 3.21. The summed E-state index contributed by atoms with van der Waals surface area (Å²) in [6.45, 7) is 4.82. The van der Waals surface area contributed by atoms with Gasteiger partial charge in [-0.1, -0.05) is 6.42 Å². The van der Waals surface area contributed by atoms with Gasteiger partial charge in [-0.3, -0.25) is 9.48 Å². The molecule has 2 atom stereocenters. The fraction of sp³-hybridized carbons (Fsp3) is 0.733. The van der Waals surface area contributed by atoms with Crippen molar-refractivity contribution in [2.45, 2.75) is 37.8 Å². The molecule has 6 heteroatoms. The number of hydrogen-bond acceptors (Lipinski definition) is 4. The molecule has 2 saturated heterocycles. The Hall–Kier alpha value is -1.40. The van der Waals surface area contributed by atoms with E-state index in [0.717, 1.165) is 24.9 Å². The van der Waals surface area contributed by atoms with Crippen LogP contribution in [0.5, 0.6) is 0 Å². The van der Waals surface area contributed by atoms with E-state index in [4.69, 9.17) is 4.74 Å². The van der Waals surface area contributed by atoms with E-state index in [2.05, 4.69) is 10.4 Å². The molecule has 1 N–H and O–H groups in total. The topological polar surface area (TPSA) is 59.4 Å². The van der Waals surface area contributed by atoms with E-state index in [1.165, 1.54) is 6.42 Å². The Morgan fingerprint density at radius 2 is 2.38 bits per heavy atom. The summed E-state index contributed by atoms with van der Waals surface area (Å²) in [6, 6.07) is -0.0185. The molecule has 0 radical (unpaired) electrons. The minimum atomic E-state index is -0.461. The van der Waals surface area contributed by atoms with Crippen LogP contribution in [0.2, 0.25) is 0 Å². The summed E-state index contributed by atoms with van der Waals surface area (Å²) in [6.07, 6.45) is 7.04. The van der Waals surface area contributed by atoms with Crippen LogP contribution in [0.3, 0.4) is 0 Å². The van der Waals surface area contributed by atoms with Crippen LogP contribution in [-0.4, -0.2) is 52.9 Å². The first-order chi connectivity index (χ1) is 10.1. The van der Waals surface area contributed by atoms with E-state index in [1.807, 2.05) is 31.3 Å². The largest absolute Gasteiger partial charge is 0.367 e. The highest BCUT2D eigenvalue weighted by Crippen LogP contribution is 2.29. The number of aryl methyl sites for hydroxylation is 1. The molecule has 3 heterocycles. The zero-order valence-corrected chi connectivity index (χ0v) is 12.8. The zero-order chi connectivity index (χ0) is 14.9. The van der Waals surface area contributed by atoms with Crippen molar-refractivity contribution in [2.24, 2.45) is 7.05 Å². The smallest absolute Gasteiger partial charge is 0.239 e. The Balaban J connectivity index is 1.71. The highest BCUT2D eigenvalue weighted by atomic mass is 16.5. The second-order valence-electron chi connectivity index (χ2n) is 6.24. The van der Waals surface area contributed by atoms with E-state index in [1.54, 1.807) is 4.68 Å². The number of morpholine rings is 1. The summed E-state index contributed by atoms with van der Waals surface area (Å²) >= 11 is 0. The van der Waals surface area contributed by atoms with Crippen LogP contribution in [0, 0.1) is 0 Å². The molecule has 0 bridgehead atoms. The third-order valence-electron chi connectivity index (χ3n) is 4.51. The minimum Gasteiger partial charge on any atom is -0.367 e. The van der Waals surface area contributed by atoms with Crippen molar-refractivity contribution >= 4 is 5.91 Å². The highest BCUT2D eigenvalue weighted by molar-refractivity contribution is 5.82. The molecule has 1 aromatic rings. The Morgan fingerprint density at radius 3 is 3.05 bits per heavy atom. The molecule has 0 aromatic carbocycles. The summed E-state index contributed by atoms with van der Waals surface area (Å²) in [4.78, 5) is 14.6. The average molecular weight is 292 g/mol. The molecule has 0 spiro atoms. The zero-order valence-electron chi connectivity index (χ0n) is 12.8. The molecule has 3 rings (SSSR count). The lowest BCUT2D eigenvalue weighted by Gasteiger charge is -2.41. The van der Waals surface area contributed by atoms with E-state index in [-0.39, 0.29) is 11.9 Å². The molecule has 0 aliphatic carbocycles. The number of aromatic nitrogens is 2. The van der Waals surface area contributed by atoms with Gasteiger partial charge in [0.1, 0.15) is 5.60 Å². The number of ether oxygens (including phenoxy) is 1. The van der Waals surface area contributed by atoms with Crippen LogP contribution < -0.4 is 5.32 Å². The third-order valence-corrected chi connectivity index (χ3v) is 4.51. The van der Waals surface area contributed by atoms with Gasteiger partial charge < -0.3 is 15.0 Å². The summed E-state index contributed by atoms with van der Waals surface area (Å²) < 4.78 is 7.74.